The predicted octanol–water partition coefficient (Wildman–Crippen LogP) is 0.865. The summed E-state index contributed by atoms with van der Waals surface area (Å²) in [5, 5.41) is 6.15. The third-order valence-corrected chi connectivity index (χ3v) is 3.66. The topological polar surface area (TPSA) is 83.1 Å². The number of pyridine rings is 1. The highest BCUT2D eigenvalue weighted by atomic mass is 32.2. The van der Waals surface area contributed by atoms with E-state index in [0.29, 0.717) is 12.4 Å². The van der Waals surface area contributed by atoms with Crippen LogP contribution < -0.4 is 15.4 Å². The Hall–Kier alpha value is -1.34. The summed E-state index contributed by atoms with van der Waals surface area (Å²) in [6, 6.07) is 5.56. The maximum Gasteiger partial charge on any atom is 0.213 e. The van der Waals surface area contributed by atoms with Crippen LogP contribution in [0.4, 0.5) is 11.6 Å². The van der Waals surface area contributed by atoms with Gasteiger partial charge < -0.3 is 10.6 Å². The molecule has 6 nitrogen and oxygen atoms in total. The van der Waals surface area contributed by atoms with E-state index in [-0.39, 0.29) is 5.75 Å². The molecule has 0 aliphatic carbocycles. The average Bonchev–Trinajstić information content (AvgIpc) is 2.37. The van der Waals surface area contributed by atoms with Crippen LogP contribution >= 0.6 is 0 Å². The highest BCUT2D eigenvalue weighted by Crippen LogP contribution is 2.08. The SMILES string of the molecule is CCCNc1cccc(NCCS(=O)(=O)NC)n1. The molecule has 7 heteroatoms. The maximum atomic E-state index is 11.2. The lowest BCUT2D eigenvalue weighted by Crippen LogP contribution is -2.26. The molecule has 1 aromatic heterocycles. The van der Waals surface area contributed by atoms with Gasteiger partial charge >= 0.3 is 0 Å². The molecule has 1 rings (SSSR count). The molecule has 0 fully saturated rings. The van der Waals surface area contributed by atoms with Crippen LogP contribution in [-0.4, -0.2) is 39.3 Å². The third kappa shape index (κ3) is 5.33. The number of sulfonamides is 1. The first-order valence-corrected chi connectivity index (χ1v) is 7.58. The van der Waals surface area contributed by atoms with Crippen molar-refractivity contribution < 1.29 is 8.42 Å². The lowest BCUT2D eigenvalue weighted by molar-refractivity contribution is 0.588. The third-order valence-electron chi connectivity index (χ3n) is 2.29. The van der Waals surface area contributed by atoms with Gasteiger partial charge in [0.05, 0.1) is 5.75 Å². The Morgan fingerprint density at radius 3 is 2.33 bits per heavy atom. The second-order valence-electron chi connectivity index (χ2n) is 3.78. The Labute approximate surface area is 108 Å². The second-order valence-corrected chi connectivity index (χ2v) is 5.83. The second kappa shape index (κ2) is 7.17. The molecule has 0 spiro atoms. The molecule has 3 N–H and O–H groups in total. The van der Waals surface area contributed by atoms with Gasteiger partial charge in [0.15, 0.2) is 0 Å². The summed E-state index contributed by atoms with van der Waals surface area (Å²) in [5.74, 6) is 1.48. The molecule has 18 heavy (non-hydrogen) atoms. The Bertz CT molecular complexity index is 462. The average molecular weight is 272 g/mol. The largest absolute Gasteiger partial charge is 0.370 e. The first kappa shape index (κ1) is 14.7. The lowest BCUT2D eigenvalue weighted by atomic mass is 10.4. The van der Waals surface area contributed by atoms with Crippen LogP contribution in [-0.2, 0) is 10.0 Å². The molecule has 0 amide bonds. The highest BCUT2D eigenvalue weighted by molar-refractivity contribution is 7.89. The molecule has 1 aromatic rings. The van der Waals surface area contributed by atoms with Crippen molar-refractivity contribution in [1.82, 2.24) is 9.71 Å². The zero-order valence-corrected chi connectivity index (χ0v) is 11.5. The standard InChI is InChI=1S/C11H20N4O2S/c1-3-7-13-10-5-4-6-11(15-10)14-8-9-18(16,17)12-2/h4-6,12H,3,7-9H2,1-2H3,(H2,13,14,15). The van der Waals surface area contributed by atoms with Crippen LogP contribution in [0.25, 0.3) is 0 Å². The van der Waals surface area contributed by atoms with E-state index < -0.39 is 10.0 Å². The van der Waals surface area contributed by atoms with Gasteiger partial charge in [-0.2, -0.15) is 0 Å². The monoisotopic (exact) mass is 272 g/mol. The van der Waals surface area contributed by atoms with Crippen molar-refractivity contribution in [3.8, 4) is 0 Å². The van der Waals surface area contributed by atoms with E-state index in [4.69, 9.17) is 0 Å². The minimum atomic E-state index is -3.17. The number of anilines is 2. The smallest absolute Gasteiger partial charge is 0.213 e. The minimum Gasteiger partial charge on any atom is -0.370 e. The van der Waals surface area contributed by atoms with Gasteiger partial charge in [0, 0.05) is 13.1 Å². The van der Waals surface area contributed by atoms with Crippen molar-refractivity contribution in [3.63, 3.8) is 0 Å². The molecule has 0 atom stereocenters. The quantitative estimate of drug-likeness (QED) is 0.654. The molecule has 0 bridgehead atoms. The molecular weight excluding hydrogens is 252 g/mol. The number of hydrogen-bond donors (Lipinski definition) is 3. The number of rotatable bonds is 8. The van der Waals surface area contributed by atoms with Crippen LogP contribution in [0.3, 0.4) is 0 Å². The highest BCUT2D eigenvalue weighted by Gasteiger charge is 2.06. The summed E-state index contributed by atoms with van der Waals surface area (Å²) in [7, 11) is -1.76. The molecule has 0 aromatic carbocycles. The van der Waals surface area contributed by atoms with E-state index in [9.17, 15) is 8.42 Å². The van der Waals surface area contributed by atoms with E-state index in [1.807, 2.05) is 18.2 Å². The van der Waals surface area contributed by atoms with Gasteiger partial charge in [0.25, 0.3) is 0 Å². The van der Waals surface area contributed by atoms with Crippen LogP contribution in [0.15, 0.2) is 18.2 Å². The Morgan fingerprint density at radius 2 is 1.78 bits per heavy atom. The molecule has 0 unspecified atom stereocenters. The summed E-state index contributed by atoms with van der Waals surface area (Å²) < 4.78 is 24.7. The summed E-state index contributed by atoms with van der Waals surface area (Å²) in [4.78, 5) is 4.32. The lowest BCUT2D eigenvalue weighted by Gasteiger charge is -2.08. The van der Waals surface area contributed by atoms with Crippen LogP contribution in [0.2, 0.25) is 0 Å². The van der Waals surface area contributed by atoms with Crippen molar-refractivity contribution in [3.05, 3.63) is 18.2 Å². The van der Waals surface area contributed by atoms with Crippen LogP contribution in [0.5, 0.6) is 0 Å². The zero-order valence-electron chi connectivity index (χ0n) is 10.7. The van der Waals surface area contributed by atoms with Crippen molar-refractivity contribution in [2.24, 2.45) is 0 Å². The Morgan fingerprint density at radius 1 is 1.17 bits per heavy atom. The number of aromatic nitrogens is 1. The van der Waals surface area contributed by atoms with Crippen molar-refractivity contribution in [1.29, 1.82) is 0 Å². The van der Waals surface area contributed by atoms with E-state index in [1.165, 1.54) is 7.05 Å². The van der Waals surface area contributed by atoms with Crippen molar-refractivity contribution in [2.75, 3.05) is 36.5 Å². The van der Waals surface area contributed by atoms with Gasteiger partial charge in [0.1, 0.15) is 11.6 Å². The first-order chi connectivity index (χ1) is 8.57. The van der Waals surface area contributed by atoms with E-state index >= 15 is 0 Å². The molecule has 1 heterocycles. The molecule has 0 saturated carbocycles. The molecule has 102 valence electrons. The predicted molar refractivity (Wildman–Crippen MR) is 74.4 cm³/mol. The van der Waals surface area contributed by atoms with Crippen molar-refractivity contribution in [2.45, 2.75) is 13.3 Å². The maximum absolute atomic E-state index is 11.2. The fraction of sp³-hybridized carbons (Fsp3) is 0.545. The first-order valence-electron chi connectivity index (χ1n) is 5.93. The Balaban J connectivity index is 2.47. The fourth-order valence-corrected chi connectivity index (χ4v) is 1.88. The van der Waals surface area contributed by atoms with Gasteiger partial charge in [-0.25, -0.2) is 18.1 Å². The van der Waals surface area contributed by atoms with Crippen LogP contribution in [0.1, 0.15) is 13.3 Å². The number of hydrogen-bond acceptors (Lipinski definition) is 5. The molecule has 0 saturated heterocycles. The van der Waals surface area contributed by atoms with Gasteiger partial charge in [-0.1, -0.05) is 13.0 Å². The van der Waals surface area contributed by atoms with Crippen molar-refractivity contribution >= 4 is 21.7 Å². The normalized spacial score (nSPS) is 11.2. The van der Waals surface area contributed by atoms with Gasteiger partial charge in [0.2, 0.25) is 10.0 Å². The Kier molecular flexibility index (Phi) is 5.87. The number of nitrogens with zero attached hydrogens (tertiary/aromatic N) is 1. The fourth-order valence-electron chi connectivity index (χ4n) is 1.30. The number of nitrogens with one attached hydrogen (secondary N) is 3. The summed E-state index contributed by atoms with van der Waals surface area (Å²) in [5.41, 5.74) is 0. The minimum absolute atomic E-state index is 0.0256. The van der Waals surface area contributed by atoms with E-state index in [1.54, 1.807) is 0 Å². The van der Waals surface area contributed by atoms with E-state index in [2.05, 4.69) is 27.3 Å². The summed E-state index contributed by atoms with van der Waals surface area (Å²) in [6.07, 6.45) is 1.03. The van der Waals surface area contributed by atoms with Crippen LogP contribution in [0, 0.1) is 0 Å². The van der Waals surface area contributed by atoms with Gasteiger partial charge in [-0.3, -0.25) is 0 Å². The molecule has 0 aliphatic rings. The van der Waals surface area contributed by atoms with E-state index in [0.717, 1.165) is 18.8 Å². The van der Waals surface area contributed by atoms with Gasteiger partial charge in [-0.15, -0.1) is 0 Å². The summed E-state index contributed by atoms with van der Waals surface area (Å²) in [6.45, 7) is 3.27. The molecular formula is C11H20N4O2S. The molecule has 0 aliphatic heterocycles. The van der Waals surface area contributed by atoms with Gasteiger partial charge in [-0.05, 0) is 25.6 Å². The zero-order chi connectivity index (χ0) is 13.4. The summed E-state index contributed by atoms with van der Waals surface area (Å²) >= 11 is 0. The molecule has 0 radical (unpaired) electrons.